The lowest BCUT2D eigenvalue weighted by atomic mass is 9.98. The Kier molecular flexibility index (Phi) is 8.90. The maximum atomic E-state index is 5.26. The van der Waals surface area contributed by atoms with Gasteiger partial charge in [0.25, 0.3) is 0 Å². The largest absolute Gasteiger partial charge is 0.497 e. The van der Waals surface area contributed by atoms with Gasteiger partial charge in [0, 0.05) is 51.0 Å². The smallest absolute Gasteiger partial charge is 0.193 e. The molecule has 1 aliphatic heterocycles. The summed E-state index contributed by atoms with van der Waals surface area (Å²) in [6, 6.07) is 8.46. The van der Waals surface area contributed by atoms with Crippen LogP contribution in [0.1, 0.15) is 31.2 Å². The van der Waals surface area contributed by atoms with Crippen LogP contribution in [0, 0.1) is 0 Å². The van der Waals surface area contributed by atoms with Gasteiger partial charge in [-0.2, -0.15) is 0 Å². The van der Waals surface area contributed by atoms with Gasteiger partial charge >= 0.3 is 0 Å². The van der Waals surface area contributed by atoms with Crippen LogP contribution in [0.25, 0.3) is 0 Å². The third kappa shape index (κ3) is 6.12. The van der Waals surface area contributed by atoms with Gasteiger partial charge in [-0.25, -0.2) is 4.98 Å². The third-order valence-corrected chi connectivity index (χ3v) is 4.81. The number of ether oxygens (including phenoxy) is 1. The van der Waals surface area contributed by atoms with E-state index in [9.17, 15) is 0 Å². The summed E-state index contributed by atoms with van der Waals surface area (Å²) in [4.78, 5) is 11.3. The summed E-state index contributed by atoms with van der Waals surface area (Å²) in [5.41, 5.74) is 1.38. The minimum atomic E-state index is 0. The minimum absolute atomic E-state index is 0. The van der Waals surface area contributed by atoms with E-state index in [0.29, 0.717) is 5.92 Å². The van der Waals surface area contributed by atoms with E-state index < -0.39 is 0 Å². The molecule has 0 aliphatic carbocycles. The molecule has 7 heteroatoms. The molecule has 2 aromatic rings. The highest BCUT2D eigenvalue weighted by atomic mass is 127. The zero-order valence-corrected chi connectivity index (χ0v) is 18.5. The van der Waals surface area contributed by atoms with E-state index in [2.05, 4.69) is 38.8 Å². The van der Waals surface area contributed by atoms with E-state index in [-0.39, 0.29) is 24.0 Å². The van der Waals surface area contributed by atoms with E-state index >= 15 is 0 Å². The molecular formula is C20H30IN5O. The molecule has 1 aliphatic rings. The molecule has 1 aromatic heterocycles. The molecule has 2 heterocycles. The van der Waals surface area contributed by atoms with Crippen molar-refractivity contribution in [1.29, 1.82) is 0 Å². The van der Waals surface area contributed by atoms with Crippen LogP contribution >= 0.6 is 24.0 Å². The first-order valence-corrected chi connectivity index (χ1v) is 9.43. The van der Waals surface area contributed by atoms with Crippen molar-refractivity contribution in [2.24, 2.45) is 4.99 Å². The maximum Gasteiger partial charge on any atom is 0.193 e. The summed E-state index contributed by atoms with van der Waals surface area (Å²) in [6.45, 7) is 6.85. The highest BCUT2D eigenvalue weighted by Gasteiger charge is 2.26. The van der Waals surface area contributed by atoms with E-state index in [1.165, 1.54) is 5.56 Å². The van der Waals surface area contributed by atoms with Gasteiger partial charge in [0.2, 0.25) is 0 Å². The van der Waals surface area contributed by atoms with Crippen LogP contribution in [0.5, 0.6) is 5.75 Å². The summed E-state index contributed by atoms with van der Waals surface area (Å²) >= 11 is 0. The third-order valence-electron chi connectivity index (χ3n) is 4.81. The number of aromatic nitrogens is 2. The number of methoxy groups -OCH3 is 1. The van der Waals surface area contributed by atoms with Crippen molar-refractivity contribution in [1.82, 2.24) is 19.8 Å². The molecule has 6 nitrogen and oxygen atoms in total. The number of hydrogen-bond donors (Lipinski definition) is 1. The quantitative estimate of drug-likeness (QED) is 0.284. The number of imidazole rings is 1. The molecule has 1 unspecified atom stereocenters. The predicted molar refractivity (Wildman–Crippen MR) is 120 cm³/mol. The summed E-state index contributed by atoms with van der Waals surface area (Å²) < 4.78 is 7.35. The fourth-order valence-corrected chi connectivity index (χ4v) is 3.38. The fourth-order valence-electron chi connectivity index (χ4n) is 3.38. The first kappa shape index (κ1) is 21.5. The van der Waals surface area contributed by atoms with E-state index in [1.807, 2.05) is 30.9 Å². The Bertz CT molecular complexity index is 687. The van der Waals surface area contributed by atoms with E-state index in [4.69, 9.17) is 9.73 Å². The van der Waals surface area contributed by atoms with Crippen molar-refractivity contribution in [3.05, 3.63) is 48.5 Å². The molecular weight excluding hydrogens is 453 g/mol. The minimum Gasteiger partial charge on any atom is -0.497 e. The fraction of sp³-hybridized carbons (Fsp3) is 0.500. The number of aliphatic imine (C=N–C) groups is 1. The van der Waals surface area contributed by atoms with Crippen LogP contribution in [0.4, 0.5) is 0 Å². The van der Waals surface area contributed by atoms with Gasteiger partial charge in [0.1, 0.15) is 5.75 Å². The molecule has 0 amide bonds. The first-order valence-electron chi connectivity index (χ1n) is 9.43. The number of guanidine groups is 1. The van der Waals surface area contributed by atoms with Gasteiger partial charge in [-0.05, 0) is 37.5 Å². The molecule has 1 fully saturated rings. The Balaban J connectivity index is 0.00000261. The van der Waals surface area contributed by atoms with Crippen LogP contribution < -0.4 is 10.1 Å². The average Bonchev–Trinajstić information content (AvgIpc) is 3.36. The summed E-state index contributed by atoms with van der Waals surface area (Å²) in [6.07, 6.45) is 7.84. The Morgan fingerprint density at radius 3 is 2.81 bits per heavy atom. The summed E-state index contributed by atoms with van der Waals surface area (Å²) in [5, 5.41) is 3.45. The monoisotopic (exact) mass is 483 g/mol. The standard InChI is InChI=1S/C20H29N5O.HI/c1-3-22-20(23-10-4-12-24-14-11-21-16-24)25-13-9-18(15-25)17-5-7-19(26-2)8-6-17;/h5-8,11,14,16,18H,3-4,9-10,12-13,15H2,1-2H3,(H,22,23);1H. The molecule has 0 radical (unpaired) electrons. The number of halogens is 1. The van der Waals surface area contributed by atoms with Crippen LogP contribution in [-0.4, -0.2) is 53.7 Å². The lowest BCUT2D eigenvalue weighted by molar-refractivity contribution is 0.414. The van der Waals surface area contributed by atoms with Crippen LogP contribution in [0.2, 0.25) is 0 Å². The zero-order chi connectivity index (χ0) is 18.2. The van der Waals surface area contributed by atoms with Gasteiger partial charge in [-0.1, -0.05) is 12.1 Å². The number of likely N-dealkylation sites (tertiary alicyclic amines) is 1. The highest BCUT2D eigenvalue weighted by Crippen LogP contribution is 2.28. The molecule has 1 saturated heterocycles. The van der Waals surface area contributed by atoms with Gasteiger partial charge < -0.3 is 19.5 Å². The molecule has 0 spiro atoms. The highest BCUT2D eigenvalue weighted by molar-refractivity contribution is 14.0. The van der Waals surface area contributed by atoms with Crippen molar-refractivity contribution < 1.29 is 4.74 Å². The zero-order valence-electron chi connectivity index (χ0n) is 16.2. The molecule has 27 heavy (non-hydrogen) atoms. The van der Waals surface area contributed by atoms with E-state index in [1.54, 1.807) is 7.11 Å². The topological polar surface area (TPSA) is 54.7 Å². The Morgan fingerprint density at radius 1 is 1.33 bits per heavy atom. The lowest BCUT2D eigenvalue weighted by Crippen LogP contribution is -2.40. The Hall–Kier alpha value is -1.77. The number of rotatable bonds is 7. The van der Waals surface area contributed by atoms with Gasteiger partial charge in [0.15, 0.2) is 5.96 Å². The van der Waals surface area contributed by atoms with Crippen molar-refractivity contribution in [3.8, 4) is 5.75 Å². The second-order valence-electron chi connectivity index (χ2n) is 6.59. The van der Waals surface area contributed by atoms with E-state index in [0.717, 1.165) is 57.3 Å². The van der Waals surface area contributed by atoms with Crippen LogP contribution in [0.15, 0.2) is 48.0 Å². The molecule has 0 bridgehead atoms. The maximum absolute atomic E-state index is 5.26. The number of nitrogens with zero attached hydrogens (tertiary/aromatic N) is 4. The Labute approximate surface area is 179 Å². The van der Waals surface area contributed by atoms with Crippen molar-refractivity contribution in [2.45, 2.75) is 32.2 Å². The van der Waals surface area contributed by atoms with Gasteiger partial charge in [-0.15, -0.1) is 24.0 Å². The number of hydrogen-bond acceptors (Lipinski definition) is 3. The SMILES string of the molecule is CCNC(=NCCCn1ccnc1)N1CCC(c2ccc(OC)cc2)C1.I. The van der Waals surface area contributed by atoms with Crippen LogP contribution in [0.3, 0.4) is 0 Å². The summed E-state index contributed by atoms with van der Waals surface area (Å²) in [7, 11) is 1.71. The Morgan fingerprint density at radius 2 is 2.15 bits per heavy atom. The molecule has 1 aromatic carbocycles. The van der Waals surface area contributed by atoms with Crippen LogP contribution in [-0.2, 0) is 6.54 Å². The molecule has 3 rings (SSSR count). The number of benzene rings is 1. The van der Waals surface area contributed by atoms with Gasteiger partial charge in [-0.3, -0.25) is 4.99 Å². The normalized spacial score (nSPS) is 16.9. The van der Waals surface area contributed by atoms with Crippen molar-refractivity contribution in [2.75, 3.05) is 33.3 Å². The second kappa shape index (κ2) is 11.2. The number of aryl methyl sites for hydroxylation is 1. The first-order chi connectivity index (χ1) is 12.8. The average molecular weight is 483 g/mol. The number of nitrogens with one attached hydrogen (secondary N) is 1. The molecule has 0 saturated carbocycles. The molecule has 1 N–H and O–H groups in total. The predicted octanol–water partition coefficient (Wildman–Crippen LogP) is 3.35. The van der Waals surface area contributed by atoms with Gasteiger partial charge in [0.05, 0.1) is 13.4 Å². The van der Waals surface area contributed by atoms with Crippen molar-refractivity contribution >= 4 is 29.9 Å². The molecule has 148 valence electrons. The molecule has 1 atom stereocenters. The van der Waals surface area contributed by atoms with Crippen molar-refractivity contribution in [3.63, 3.8) is 0 Å². The second-order valence-corrected chi connectivity index (χ2v) is 6.59. The summed E-state index contributed by atoms with van der Waals surface area (Å²) in [5.74, 6) is 2.50. The lowest BCUT2D eigenvalue weighted by Gasteiger charge is -2.22.